The molecule has 1 aromatic carbocycles. The first-order valence-corrected chi connectivity index (χ1v) is 7.28. The number of hydrogen-bond acceptors (Lipinski definition) is 4. The van der Waals surface area contributed by atoms with E-state index in [-0.39, 0.29) is 12.5 Å². The summed E-state index contributed by atoms with van der Waals surface area (Å²) in [5.41, 5.74) is 4.61. The van der Waals surface area contributed by atoms with Crippen LogP contribution >= 0.6 is 27.3 Å². The summed E-state index contributed by atoms with van der Waals surface area (Å²) in [5, 5.41) is 0. The van der Waals surface area contributed by atoms with Crippen LogP contribution in [0.5, 0.6) is 5.75 Å². The molecular weight excluding hydrogens is 344 g/mol. The minimum Gasteiger partial charge on any atom is -0.484 e. The second-order valence-corrected chi connectivity index (χ2v) is 6.17. The van der Waals surface area contributed by atoms with E-state index in [2.05, 4.69) is 26.8 Å². The monoisotopic (exact) mass is 354 g/mol. The van der Waals surface area contributed by atoms with Crippen molar-refractivity contribution in [2.45, 2.75) is 0 Å². The van der Waals surface area contributed by atoms with Crippen LogP contribution < -0.4 is 15.6 Å². The summed E-state index contributed by atoms with van der Waals surface area (Å²) in [6.07, 6.45) is 0. The third-order valence-corrected chi connectivity index (χ3v) is 3.85. The molecule has 2 amide bonds. The fourth-order valence-corrected chi connectivity index (χ4v) is 2.61. The fourth-order valence-electron chi connectivity index (χ4n) is 1.33. The quantitative estimate of drug-likeness (QED) is 0.828. The average Bonchev–Trinajstić information content (AvgIpc) is 2.90. The zero-order chi connectivity index (χ0) is 14.4. The highest BCUT2D eigenvalue weighted by molar-refractivity contribution is 9.11. The summed E-state index contributed by atoms with van der Waals surface area (Å²) >= 11 is 4.54. The predicted molar refractivity (Wildman–Crippen MR) is 79.6 cm³/mol. The fraction of sp³-hybridized carbons (Fsp3) is 0.0769. The molecule has 2 rings (SSSR count). The number of hydrazine groups is 1. The highest BCUT2D eigenvalue weighted by atomic mass is 79.9. The molecule has 0 atom stereocenters. The van der Waals surface area contributed by atoms with Gasteiger partial charge in [0.1, 0.15) is 5.75 Å². The lowest BCUT2D eigenvalue weighted by atomic mass is 10.3. The van der Waals surface area contributed by atoms with Gasteiger partial charge in [-0.25, -0.2) is 0 Å². The van der Waals surface area contributed by atoms with Crippen molar-refractivity contribution in [2.24, 2.45) is 0 Å². The molecule has 0 saturated carbocycles. The lowest BCUT2D eigenvalue weighted by molar-refractivity contribution is -0.123. The molecule has 0 aliphatic carbocycles. The van der Waals surface area contributed by atoms with Crippen molar-refractivity contribution in [3.63, 3.8) is 0 Å². The average molecular weight is 355 g/mol. The lowest BCUT2D eigenvalue weighted by Crippen LogP contribution is -2.43. The van der Waals surface area contributed by atoms with Gasteiger partial charge < -0.3 is 4.74 Å². The molecule has 20 heavy (non-hydrogen) atoms. The predicted octanol–water partition coefficient (Wildman–Crippen LogP) is 2.35. The minimum atomic E-state index is -0.433. The van der Waals surface area contributed by atoms with Crippen molar-refractivity contribution in [1.29, 1.82) is 0 Å². The molecule has 2 aromatic rings. The molecule has 0 spiro atoms. The highest BCUT2D eigenvalue weighted by Gasteiger charge is 2.09. The molecule has 5 nitrogen and oxygen atoms in total. The SMILES string of the molecule is O=C(COc1ccccc1)NNC(=O)c1ccc(Br)s1. The molecule has 0 radical (unpaired) electrons. The molecule has 7 heteroatoms. The van der Waals surface area contributed by atoms with Crippen LogP contribution in [0.3, 0.4) is 0 Å². The maximum absolute atomic E-state index is 11.7. The molecule has 2 N–H and O–H groups in total. The molecule has 1 aromatic heterocycles. The summed E-state index contributed by atoms with van der Waals surface area (Å²) in [6, 6.07) is 12.4. The van der Waals surface area contributed by atoms with Gasteiger partial charge in [-0.2, -0.15) is 0 Å². The summed E-state index contributed by atoms with van der Waals surface area (Å²) < 4.78 is 6.09. The topological polar surface area (TPSA) is 67.4 Å². The van der Waals surface area contributed by atoms with Crippen LogP contribution in [0, 0.1) is 0 Å². The van der Waals surface area contributed by atoms with Gasteiger partial charge >= 0.3 is 0 Å². The molecule has 0 bridgehead atoms. The Kier molecular flexibility index (Phi) is 5.14. The van der Waals surface area contributed by atoms with E-state index >= 15 is 0 Å². The summed E-state index contributed by atoms with van der Waals surface area (Å²) in [6.45, 7) is -0.168. The molecule has 0 fully saturated rings. The van der Waals surface area contributed by atoms with Crippen molar-refractivity contribution >= 4 is 39.1 Å². The Hall–Kier alpha value is -1.86. The third kappa shape index (κ3) is 4.36. The van der Waals surface area contributed by atoms with Gasteiger partial charge in [0, 0.05) is 0 Å². The number of benzene rings is 1. The van der Waals surface area contributed by atoms with Gasteiger partial charge in [0.25, 0.3) is 11.8 Å². The van der Waals surface area contributed by atoms with E-state index < -0.39 is 5.91 Å². The number of hydrogen-bond donors (Lipinski definition) is 2. The van der Waals surface area contributed by atoms with E-state index in [4.69, 9.17) is 4.74 Å². The zero-order valence-corrected chi connectivity index (χ0v) is 12.7. The van der Waals surface area contributed by atoms with E-state index in [0.29, 0.717) is 10.6 Å². The van der Waals surface area contributed by atoms with Crippen LogP contribution in [0.15, 0.2) is 46.3 Å². The first-order chi connectivity index (χ1) is 9.65. The number of halogens is 1. The number of para-hydroxylation sites is 1. The van der Waals surface area contributed by atoms with E-state index in [0.717, 1.165) is 3.79 Å². The Labute approximate surface area is 128 Å². The van der Waals surface area contributed by atoms with E-state index in [1.807, 2.05) is 18.2 Å². The Bertz CT molecular complexity index is 601. The lowest BCUT2D eigenvalue weighted by Gasteiger charge is -2.07. The van der Waals surface area contributed by atoms with E-state index in [1.54, 1.807) is 24.3 Å². The maximum atomic E-state index is 11.7. The number of carbonyl (C=O) groups excluding carboxylic acids is 2. The van der Waals surface area contributed by atoms with Gasteiger partial charge in [-0.3, -0.25) is 20.4 Å². The highest BCUT2D eigenvalue weighted by Crippen LogP contribution is 2.21. The largest absolute Gasteiger partial charge is 0.484 e. The Morgan fingerprint density at radius 1 is 1.10 bits per heavy atom. The number of carbonyl (C=O) groups is 2. The first-order valence-electron chi connectivity index (χ1n) is 5.67. The van der Waals surface area contributed by atoms with Crippen molar-refractivity contribution < 1.29 is 14.3 Å². The third-order valence-electron chi connectivity index (χ3n) is 2.23. The number of nitrogens with one attached hydrogen (secondary N) is 2. The number of thiophene rings is 1. The van der Waals surface area contributed by atoms with Gasteiger partial charge in [0.05, 0.1) is 8.66 Å². The van der Waals surface area contributed by atoms with Crippen LogP contribution in [-0.4, -0.2) is 18.4 Å². The van der Waals surface area contributed by atoms with Crippen LogP contribution in [0.25, 0.3) is 0 Å². The molecular formula is C13H11BrN2O3S. The summed E-state index contributed by atoms with van der Waals surface area (Å²) in [7, 11) is 0. The number of rotatable bonds is 4. The second-order valence-electron chi connectivity index (χ2n) is 3.71. The van der Waals surface area contributed by atoms with E-state index in [9.17, 15) is 9.59 Å². The van der Waals surface area contributed by atoms with Gasteiger partial charge in [0.2, 0.25) is 0 Å². The standard InChI is InChI=1S/C13H11BrN2O3S/c14-11-7-6-10(20-11)13(18)16-15-12(17)8-19-9-4-2-1-3-5-9/h1-7H,8H2,(H,15,17)(H,16,18). The Morgan fingerprint density at radius 2 is 1.85 bits per heavy atom. The summed E-state index contributed by atoms with van der Waals surface area (Å²) in [4.78, 5) is 23.7. The maximum Gasteiger partial charge on any atom is 0.279 e. The second kappa shape index (κ2) is 7.06. The van der Waals surface area contributed by atoms with Crippen molar-refractivity contribution in [3.05, 3.63) is 51.1 Å². The summed E-state index contributed by atoms with van der Waals surface area (Å²) in [5.74, 6) is -0.206. The van der Waals surface area contributed by atoms with Gasteiger partial charge in [-0.1, -0.05) is 18.2 Å². The number of amides is 2. The first kappa shape index (κ1) is 14.5. The smallest absolute Gasteiger partial charge is 0.279 e. The molecule has 0 aliphatic rings. The van der Waals surface area contributed by atoms with Gasteiger partial charge in [-0.05, 0) is 40.2 Å². The Morgan fingerprint density at radius 3 is 2.50 bits per heavy atom. The number of ether oxygens (including phenoxy) is 1. The molecule has 104 valence electrons. The van der Waals surface area contributed by atoms with Gasteiger partial charge in [-0.15, -0.1) is 11.3 Å². The molecule has 1 heterocycles. The van der Waals surface area contributed by atoms with Crippen LogP contribution in [-0.2, 0) is 4.79 Å². The van der Waals surface area contributed by atoms with Crippen molar-refractivity contribution in [3.8, 4) is 5.75 Å². The Balaban J connectivity index is 1.74. The molecule has 0 unspecified atom stereocenters. The molecule has 0 aliphatic heterocycles. The minimum absolute atomic E-state index is 0.168. The normalized spacial score (nSPS) is 9.85. The van der Waals surface area contributed by atoms with Crippen LogP contribution in [0.2, 0.25) is 0 Å². The van der Waals surface area contributed by atoms with Crippen LogP contribution in [0.4, 0.5) is 0 Å². The van der Waals surface area contributed by atoms with E-state index in [1.165, 1.54) is 11.3 Å². The van der Waals surface area contributed by atoms with Crippen LogP contribution in [0.1, 0.15) is 9.67 Å². The zero-order valence-electron chi connectivity index (χ0n) is 10.3. The van der Waals surface area contributed by atoms with Crippen molar-refractivity contribution in [1.82, 2.24) is 10.9 Å². The van der Waals surface area contributed by atoms with Crippen molar-refractivity contribution in [2.75, 3.05) is 6.61 Å². The van der Waals surface area contributed by atoms with Gasteiger partial charge in [0.15, 0.2) is 6.61 Å². The molecule has 0 saturated heterocycles.